The Morgan fingerprint density at radius 3 is 1.74 bits per heavy atom. The van der Waals surface area contributed by atoms with Crippen LogP contribution in [0, 0.1) is 36.0 Å². The first-order valence-electron chi connectivity index (χ1n) is 10.3. The molecular formula is C24H30F5OP. The molecule has 2 unspecified atom stereocenters. The molecule has 0 heterocycles. The van der Waals surface area contributed by atoms with E-state index in [1.807, 2.05) is 53.7 Å². The first-order valence-corrected chi connectivity index (χ1v) is 11.3. The lowest BCUT2D eigenvalue weighted by Crippen LogP contribution is -2.28. The zero-order valence-electron chi connectivity index (χ0n) is 19.1. The summed E-state index contributed by atoms with van der Waals surface area (Å²) in [4.78, 5) is 0. The van der Waals surface area contributed by atoms with E-state index in [0.29, 0.717) is 25.0 Å². The fraction of sp³-hybridized carbons (Fsp3) is 0.500. The van der Waals surface area contributed by atoms with Gasteiger partial charge in [-0.25, -0.2) is 22.0 Å². The second-order valence-corrected chi connectivity index (χ2v) is 10.6. The SMILES string of the molecule is CCCC(CC)(Pc1c(F)c(F)c(F)c(F)c1F)c1cc(C)cc(C(C)(C)C)c1OC. The molecule has 2 aromatic rings. The van der Waals surface area contributed by atoms with E-state index in [9.17, 15) is 22.0 Å². The van der Waals surface area contributed by atoms with Crippen molar-refractivity contribution in [3.05, 3.63) is 57.9 Å². The molecule has 0 spiro atoms. The molecule has 0 aromatic heterocycles. The molecular weight excluding hydrogens is 430 g/mol. The van der Waals surface area contributed by atoms with E-state index in [4.69, 9.17) is 4.74 Å². The Bertz CT molecular complexity index is 939. The molecule has 0 amide bonds. The van der Waals surface area contributed by atoms with Crippen molar-refractivity contribution in [1.82, 2.24) is 0 Å². The molecule has 0 saturated carbocycles. The maximum atomic E-state index is 14.6. The summed E-state index contributed by atoms with van der Waals surface area (Å²) in [6.07, 6.45) is 1.62. The van der Waals surface area contributed by atoms with Gasteiger partial charge < -0.3 is 4.74 Å². The number of aryl methyl sites for hydroxylation is 1. The van der Waals surface area contributed by atoms with Crippen LogP contribution in [0.3, 0.4) is 0 Å². The van der Waals surface area contributed by atoms with Crippen LogP contribution in [0.1, 0.15) is 70.6 Å². The van der Waals surface area contributed by atoms with Crippen LogP contribution in [-0.2, 0) is 10.6 Å². The van der Waals surface area contributed by atoms with Crippen molar-refractivity contribution in [1.29, 1.82) is 0 Å². The van der Waals surface area contributed by atoms with Crippen LogP contribution in [-0.4, -0.2) is 7.11 Å². The number of hydrogen-bond acceptors (Lipinski definition) is 1. The highest BCUT2D eigenvalue weighted by Crippen LogP contribution is 2.53. The van der Waals surface area contributed by atoms with Crippen LogP contribution < -0.4 is 10.0 Å². The fourth-order valence-corrected chi connectivity index (χ4v) is 5.80. The molecule has 7 heteroatoms. The van der Waals surface area contributed by atoms with Crippen molar-refractivity contribution in [2.75, 3.05) is 7.11 Å². The zero-order chi connectivity index (χ0) is 23.7. The lowest BCUT2D eigenvalue weighted by molar-refractivity contribution is 0.379. The summed E-state index contributed by atoms with van der Waals surface area (Å²) in [6, 6.07) is 3.92. The van der Waals surface area contributed by atoms with Gasteiger partial charge in [-0.3, -0.25) is 0 Å². The Labute approximate surface area is 183 Å². The van der Waals surface area contributed by atoms with E-state index >= 15 is 0 Å². The van der Waals surface area contributed by atoms with E-state index < -0.39 is 48.1 Å². The van der Waals surface area contributed by atoms with Gasteiger partial charge in [0.05, 0.1) is 12.4 Å². The molecule has 0 N–H and O–H groups in total. The zero-order valence-corrected chi connectivity index (χ0v) is 20.1. The van der Waals surface area contributed by atoms with Gasteiger partial charge in [-0.1, -0.05) is 67.3 Å². The van der Waals surface area contributed by atoms with Crippen molar-refractivity contribution >= 4 is 13.9 Å². The summed E-state index contributed by atoms with van der Waals surface area (Å²) in [5.41, 5.74) is 2.34. The van der Waals surface area contributed by atoms with Crippen LogP contribution in [0.15, 0.2) is 12.1 Å². The van der Waals surface area contributed by atoms with Gasteiger partial charge in [-0.05, 0) is 25.2 Å². The smallest absolute Gasteiger partial charge is 0.200 e. The third kappa shape index (κ3) is 4.74. The molecule has 2 rings (SSSR count). The average Bonchev–Trinajstić information content (AvgIpc) is 2.72. The lowest BCUT2D eigenvalue weighted by Gasteiger charge is -2.37. The molecule has 1 nitrogen and oxygen atoms in total. The molecule has 2 atom stereocenters. The largest absolute Gasteiger partial charge is 0.496 e. The molecule has 31 heavy (non-hydrogen) atoms. The Balaban J connectivity index is 2.86. The summed E-state index contributed by atoms with van der Waals surface area (Å²) in [5, 5.41) is -1.60. The van der Waals surface area contributed by atoms with Gasteiger partial charge in [0.25, 0.3) is 0 Å². The van der Waals surface area contributed by atoms with Gasteiger partial charge in [0.2, 0.25) is 5.82 Å². The minimum absolute atomic E-state index is 0.272. The van der Waals surface area contributed by atoms with Crippen molar-refractivity contribution in [3.63, 3.8) is 0 Å². The summed E-state index contributed by atoms with van der Waals surface area (Å²) in [5.74, 6) is -8.87. The normalized spacial score (nSPS) is 14.3. The third-order valence-electron chi connectivity index (χ3n) is 5.62. The van der Waals surface area contributed by atoms with E-state index in [1.165, 1.54) is 7.11 Å². The van der Waals surface area contributed by atoms with Gasteiger partial charge in [0.1, 0.15) is 5.75 Å². The molecule has 0 radical (unpaired) electrons. The molecule has 172 valence electrons. The van der Waals surface area contributed by atoms with Crippen LogP contribution in [0.5, 0.6) is 5.75 Å². The van der Waals surface area contributed by atoms with E-state index in [0.717, 1.165) is 16.7 Å². The van der Waals surface area contributed by atoms with Crippen LogP contribution in [0.4, 0.5) is 22.0 Å². The van der Waals surface area contributed by atoms with Gasteiger partial charge in [-0.15, -0.1) is 0 Å². The molecule has 0 saturated heterocycles. The summed E-state index contributed by atoms with van der Waals surface area (Å²) in [7, 11) is 0.875. The summed E-state index contributed by atoms with van der Waals surface area (Å²) < 4.78 is 76.4. The minimum atomic E-state index is -2.13. The topological polar surface area (TPSA) is 9.23 Å². The molecule has 2 aromatic carbocycles. The fourth-order valence-electron chi connectivity index (χ4n) is 4.01. The molecule has 0 fully saturated rings. The van der Waals surface area contributed by atoms with Gasteiger partial charge in [0, 0.05) is 16.3 Å². The van der Waals surface area contributed by atoms with Gasteiger partial charge >= 0.3 is 0 Å². The van der Waals surface area contributed by atoms with Crippen molar-refractivity contribution in [3.8, 4) is 5.75 Å². The van der Waals surface area contributed by atoms with Crippen LogP contribution in [0.25, 0.3) is 0 Å². The van der Waals surface area contributed by atoms with Crippen molar-refractivity contribution < 1.29 is 26.7 Å². The predicted octanol–water partition coefficient (Wildman–Crippen LogP) is 7.41. The van der Waals surface area contributed by atoms with Crippen LogP contribution >= 0.6 is 8.58 Å². The van der Waals surface area contributed by atoms with E-state index in [-0.39, 0.29) is 5.41 Å². The quantitative estimate of drug-likeness (QED) is 0.181. The van der Waals surface area contributed by atoms with Crippen LogP contribution in [0.2, 0.25) is 0 Å². The maximum absolute atomic E-state index is 14.6. The first kappa shape index (κ1) is 25.6. The number of benzene rings is 2. The summed E-state index contributed by atoms with van der Waals surface area (Å²) in [6.45, 7) is 11.8. The highest BCUT2D eigenvalue weighted by atomic mass is 31.1. The lowest BCUT2D eigenvalue weighted by atomic mass is 9.80. The highest BCUT2D eigenvalue weighted by Gasteiger charge is 2.38. The molecule has 0 aliphatic heterocycles. The summed E-state index contributed by atoms with van der Waals surface area (Å²) >= 11 is 0. The highest BCUT2D eigenvalue weighted by molar-refractivity contribution is 7.48. The Hall–Kier alpha value is -1.68. The van der Waals surface area contributed by atoms with Crippen molar-refractivity contribution in [2.45, 2.75) is 71.4 Å². The third-order valence-corrected chi connectivity index (χ3v) is 7.66. The minimum Gasteiger partial charge on any atom is -0.496 e. The van der Waals surface area contributed by atoms with Gasteiger partial charge in [-0.2, -0.15) is 0 Å². The number of ether oxygens (including phenoxy) is 1. The molecule has 0 aliphatic carbocycles. The number of rotatable bonds is 7. The standard InChI is InChI=1S/C24H30F5OP/c1-8-10-24(9-2,31-22-19(28)17(26)16(25)18(27)20(22)29)15-12-13(3)11-14(21(15)30-7)23(4,5)6/h11-12,31H,8-10H2,1-7H3. The number of methoxy groups -OCH3 is 1. The van der Waals surface area contributed by atoms with E-state index in [2.05, 4.69) is 0 Å². The Kier molecular flexibility index (Phi) is 7.79. The monoisotopic (exact) mass is 460 g/mol. The number of hydrogen-bond donors (Lipinski definition) is 0. The number of halogens is 5. The Morgan fingerprint density at radius 2 is 1.32 bits per heavy atom. The van der Waals surface area contributed by atoms with Gasteiger partial charge in [0.15, 0.2) is 23.3 Å². The maximum Gasteiger partial charge on any atom is 0.200 e. The van der Waals surface area contributed by atoms with E-state index in [1.54, 1.807) is 0 Å². The van der Waals surface area contributed by atoms with Crippen molar-refractivity contribution in [2.24, 2.45) is 0 Å². The first-order chi connectivity index (χ1) is 14.3. The molecule has 0 bridgehead atoms. The average molecular weight is 460 g/mol. The predicted molar refractivity (Wildman–Crippen MR) is 117 cm³/mol. The second-order valence-electron chi connectivity index (χ2n) is 8.90. The second kappa shape index (κ2) is 9.44. The molecule has 0 aliphatic rings. The Morgan fingerprint density at radius 1 is 0.839 bits per heavy atom.